The molecule has 1 atom stereocenters. The van der Waals surface area contributed by atoms with Crippen molar-refractivity contribution in [2.75, 3.05) is 66.4 Å². The van der Waals surface area contributed by atoms with Gasteiger partial charge in [0.2, 0.25) is 0 Å². The van der Waals surface area contributed by atoms with E-state index in [1.807, 2.05) is 12.1 Å². The minimum atomic E-state index is -0.482. The summed E-state index contributed by atoms with van der Waals surface area (Å²) in [5.41, 5.74) is 2.37. The number of oxime groups is 1. The Hall–Kier alpha value is -3.21. The van der Waals surface area contributed by atoms with Gasteiger partial charge in [-0.1, -0.05) is 16.8 Å². The summed E-state index contributed by atoms with van der Waals surface area (Å²) >= 11 is 5.93. The first-order chi connectivity index (χ1) is 17.9. The zero-order valence-electron chi connectivity index (χ0n) is 21.5. The lowest BCUT2D eigenvalue weighted by Crippen LogP contribution is -2.28. The number of anilines is 2. The van der Waals surface area contributed by atoms with Gasteiger partial charge in [-0.05, 0) is 44.8 Å². The summed E-state index contributed by atoms with van der Waals surface area (Å²) in [4.78, 5) is 18.3. The maximum atomic E-state index is 13.6. The van der Waals surface area contributed by atoms with E-state index in [0.717, 1.165) is 43.7 Å². The Morgan fingerprint density at radius 1 is 1.19 bits per heavy atom. The SMILES string of the molecule is CO/N=C1/CN(CCCOc2cc3c(Nc4ccc(F)c(Cl)c4)ncnc3cc2OC)CC1CN(C)C. The summed E-state index contributed by atoms with van der Waals surface area (Å²) in [6.07, 6.45) is 2.29. The van der Waals surface area contributed by atoms with Crippen LogP contribution in [0.3, 0.4) is 0 Å². The second-order valence-electron chi connectivity index (χ2n) is 9.16. The third-order valence-electron chi connectivity index (χ3n) is 6.11. The first kappa shape index (κ1) is 26.8. The van der Waals surface area contributed by atoms with Crippen molar-refractivity contribution in [1.82, 2.24) is 19.8 Å². The number of fused-ring (bicyclic) bond motifs is 1. The van der Waals surface area contributed by atoms with Crippen LogP contribution < -0.4 is 14.8 Å². The van der Waals surface area contributed by atoms with Crippen LogP contribution in [0.25, 0.3) is 10.9 Å². The molecule has 9 nitrogen and oxygen atoms in total. The quantitative estimate of drug-likeness (QED) is 0.288. The van der Waals surface area contributed by atoms with Gasteiger partial charge < -0.3 is 24.5 Å². The predicted octanol–water partition coefficient (Wildman–Crippen LogP) is 4.44. The molecule has 1 fully saturated rings. The average Bonchev–Trinajstić information content (AvgIpc) is 3.24. The van der Waals surface area contributed by atoms with Crippen LogP contribution >= 0.6 is 11.6 Å². The number of hydrogen-bond donors (Lipinski definition) is 1. The molecule has 198 valence electrons. The second-order valence-corrected chi connectivity index (χ2v) is 9.57. The lowest BCUT2D eigenvalue weighted by molar-refractivity contribution is 0.210. The highest BCUT2D eigenvalue weighted by atomic mass is 35.5. The molecular weight excluding hydrogens is 499 g/mol. The molecule has 0 saturated carbocycles. The summed E-state index contributed by atoms with van der Waals surface area (Å²) < 4.78 is 25.3. The molecule has 2 aromatic carbocycles. The van der Waals surface area contributed by atoms with E-state index in [-0.39, 0.29) is 5.02 Å². The van der Waals surface area contributed by atoms with E-state index in [1.54, 1.807) is 20.3 Å². The Morgan fingerprint density at radius 2 is 2.03 bits per heavy atom. The number of methoxy groups -OCH3 is 1. The van der Waals surface area contributed by atoms with Crippen LogP contribution in [-0.2, 0) is 4.84 Å². The molecule has 0 amide bonds. The normalized spacial score (nSPS) is 17.1. The summed E-state index contributed by atoms with van der Waals surface area (Å²) in [7, 11) is 7.33. The molecule has 1 aliphatic heterocycles. The average molecular weight is 531 g/mol. The van der Waals surface area contributed by atoms with Crippen molar-refractivity contribution in [3.63, 3.8) is 0 Å². The number of ether oxygens (including phenoxy) is 2. The summed E-state index contributed by atoms with van der Waals surface area (Å²) in [6.45, 7) is 4.07. The predicted molar refractivity (Wildman–Crippen MR) is 144 cm³/mol. The topological polar surface area (TPSA) is 84.3 Å². The Bertz CT molecular complexity index is 1260. The fourth-order valence-corrected chi connectivity index (χ4v) is 4.63. The van der Waals surface area contributed by atoms with Gasteiger partial charge in [0.15, 0.2) is 11.5 Å². The molecule has 4 rings (SSSR count). The van der Waals surface area contributed by atoms with Gasteiger partial charge in [-0.3, -0.25) is 4.90 Å². The second kappa shape index (κ2) is 12.4. The molecule has 1 unspecified atom stereocenters. The standard InChI is InChI=1S/C26H32ClFN6O3/c1-33(2)13-17-14-34(15-23(17)32-36-4)8-5-9-37-25-11-19-22(12-24(25)35-3)29-16-30-26(19)31-18-6-7-21(28)20(27)10-18/h6-7,10-12,16-17H,5,8-9,13-15H2,1-4H3,(H,29,30,31)/b32-23-. The van der Waals surface area contributed by atoms with Crippen LogP contribution in [0.4, 0.5) is 15.9 Å². The largest absolute Gasteiger partial charge is 0.493 e. The van der Waals surface area contributed by atoms with Gasteiger partial charge in [0.1, 0.15) is 25.1 Å². The van der Waals surface area contributed by atoms with Gasteiger partial charge in [-0.25, -0.2) is 14.4 Å². The molecule has 1 N–H and O–H groups in total. The summed E-state index contributed by atoms with van der Waals surface area (Å²) in [5.74, 6) is 1.61. The zero-order chi connectivity index (χ0) is 26.4. The van der Waals surface area contributed by atoms with E-state index in [4.69, 9.17) is 25.9 Å². The lowest BCUT2D eigenvalue weighted by Gasteiger charge is -2.18. The van der Waals surface area contributed by atoms with Crippen LogP contribution in [0.15, 0.2) is 41.8 Å². The first-order valence-electron chi connectivity index (χ1n) is 12.0. The van der Waals surface area contributed by atoms with Crippen molar-refractivity contribution in [1.29, 1.82) is 0 Å². The van der Waals surface area contributed by atoms with E-state index >= 15 is 0 Å². The highest BCUT2D eigenvalue weighted by Crippen LogP contribution is 2.35. The lowest BCUT2D eigenvalue weighted by atomic mass is 10.1. The van der Waals surface area contributed by atoms with Crippen molar-refractivity contribution in [2.45, 2.75) is 6.42 Å². The van der Waals surface area contributed by atoms with E-state index in [1.165, 1.54) is 18.5 Å². The molecule has 11 heteroatoms. The Labute approximate surface area is 221 Å². The molecule has 0 radical (unpaired) electrons. The van der Waals surface area contributed by atoms with E-state index in [2.05, 4.69) is 44.3 Å². The van der Waals surface area contributed by atoms with Crippen molar-refractivity contribution in [3.05, 3.63) is 47.5 Å². The minimum Gasteiger partial charge on any atom is -0.493 e. The van der Waals surface area contributed by atoms with Crippen LogP contribution in [0.2, 0.25) is 5.02 Å². The number of benzene rings is 2. The molecule has 1 aliphatic rings. The maximum Gasteiger partial charge on any atom is 0.162 e. The number of rotatable bonds is 11. The van der Waals surface area contributed by atoms with Gasteiger partial charge in [0.05, 0.1) is 30.0 Å². The van der Waals surface area contributed by atoms with Gasteiger partial charge in [0, 0.05) is 49.2 Å². The fourth-order valence-electron chi connectivity index (χ4n) is 4.45. The van der Waals surface area contributed by atoms with E-state index in [9.17, 15) is 4.39 Å². The molecule has 0 aliphatic carbocycles. The van der Waals surface area contributed by atoms with Crippen LogP contribution in [0.1, 0.15) is 6.42 Å². The van der Waals surface area contributed by atoms with Gasteiger partial charge in [-0.2, -0.15) is 0 Å². The number of nitrogens with zero attached hydrogens (tertiary/aromatic N) is 5. The molecule has 2 heterocycles. The van der Waals surface area contributed by atoms with E-state index in [0.29, 0.717) is 41.0 Å². The monoisotopic (exact) mass is 530 g/mol. The molecule has 1 saturated heterocycles. The van der Waals surface area contributed by atoms with Crippen molar-refractivity contribution in [2.24, 2.45) is 11.1 Å². The van der Waals surface area contributed by atoms with Crippen LogP contribution in [0.5, 0.6) is 11.5 Å². The fraction of sp³-hybridized carbons (Fsp3) is 0.423. The van der Waals surface area contributed by atoms with Crippen molar-refractivity contribution >= 4 is 39.7 Å². The number of halogens is 2. The summed E-state index contributed by atoms with van der Waals surface area (Å²) in [5, 5.41) is 8.20. The number of likely N-dealkylation sites (tertiary alicyclic amines) is 1. The molecule has 0 bridgehead atoms. The highest BCUT2D eigenvalue weighted by Gasteiger charge is 2.29. The van der Waals surface area contributed by atoms with Crippen LogP contribution in [0, 0.1) is 11.7 Å². The Kier molecular flexibility index (Phi) is 8.96. The Morgan fingerprint density at radius 3 is 2.76 bits per heavy atom. The molecular formula is C26H32ClFN6O3. The van der Waals surface area contributed by atoms with Crippen molar-refractivity contribution in [3.8, 4) is 11.5 Å². The van der Waals surface area contributed by atoms with Gasteiger partial charge in [-0.15, -0.1) is 0 Å². The Balaban J connectivity index is 1.43. The zero-order valence-corrected chi connectivity index (χ0v) is 22.3. The number of nitrogens with one attached hydrogen (secondary N) is 1. The maximum absolute atomic E-state index is 13.6. The molecule has 0 spiro atoms. The molecule has 1 aromatic heterocycles. The first-order valence-corrected chi connectivity index (χ1v) is 12.4. The van der Waals surface area contributed by atoms with Crippen LogP contribution in [-0.4, -0.2) is 86.6 Å². The summed E-state index contributed by atoms with van der Waals surface area (Å²) in [6, 6.07) is 8.08. The molecule has 3 aromatic rings. The smallest absolute Gasteiger partial charge is 0.162 e. The van der Waals surface area contributed by atoms with Gasteiger partial charge >= 0.3 is 0 Å². The number of aromatic nitrogens is 2. The van der Waals surface area contributed by atoms with Gasteiger partial charge in [0.25, 0.3) is 0 Å². The third-order valence-corrected chi connectivity index (χ3v) is 6.40. The highest BCUT2D eigenvalue weighted by molar-refractivity contribution is 6.31. The number of hydrogen-bond acceptors (Lipinski definition) is 9. The third kappa shape index (κ3) is 6.76. The van der Waals surface area contributed by atoms with Crippen molar-refractivity contribution < 1.29 is 18.7 Å². The molecule has 37 heavy (non-hydrogen) atoms. The van der Waals surface area contributed by atoms with E-state index < -0.39 is 5.82 Å². The minimum absolute atomic E-state index is 0.0284.